The number of carbonyl (C=O) groups excluding carboxylic acids is 1. The second kappa shape index (κ2) is 4.94. The third-order valence-electron chi connectivity index (χ3n) is 3.36. The van der Waals surface area contributed by atoms with Crippen molar-refractivity contribution < 1.29 is 9.53 Å². The molecule has 1 aliphatic heterocycles. The molecule has 1 aliphatic carbocycles. The maximum Gasteiger partial charge on any atom is 0.319 e. The van der Waals surface area contributed by atoms with Crippen molar-refractivity contribution in [3.8, 4) is 0 Å². The molecule has 0 atom stereocenters. The van der Waals surface area contributed by atoms with Gasteiger partial charge in [-0.1, -0.05) is 0 Å². The van der Waals surface area contributed by atoms with Crippen LogP contribution >= 0.6 is 0 Å². The number of methoxy groups -OCH3 is 1. The van der Waals surface area contributed by atoms with E-state index < -0.39 is 0 Å². The van der Waals surface area contributed by atoms with E-state index in [1.54, 1.807) is 0 Å². The first kappa shape index (κ1) is 10.9. The van der Waals surface area contributed by atoms with Crippen molar-refractivity contribution in [2.45, 2.75) is 37.8 Å². The lowest BCUT2D eigenvalue weighted by Gasteiger charge is -2.32. The molecule has 4 heteroatoms. The van der Waals surface area contributed by atoms with E-state index in [2.05, 4.69) is 15.0 Å². The molecule has 1 saturated carbocycles. The van der Waals surface area contributed by atoms with Gasteiger partial charge in [-0.25, -0.2) is 0 Å². The van der Waals surface area contributed by atoms with Crippen molar-refractivity contribution in [1.82, 2.24) is 10.2 Å². The Balaban J connectivity index is 1.62. The number of hydrogen-bond acceptors (Lipinski definition) is 4. The summed E-state index contributed by atoms with van der Waals surface area (Å²) >= 11 is 0. The number of nitrogens with zero attached hydrogens (tertiary/aromatic N) is 1. The Kier molecular flexibility index (Phi) is 3.59. The number of ether oxygens (including phenoxy) is 1. The molecule has 2 rings (SSSR count). The Morgan fingerprint density at radius 3 is 2.53 bits per heavy atom. The van der Waals surface area contributed by atoms with Gasteiger partial charge >= 0.3 is 5.97 Å². The third kappa shape index (κ3) is 3.18. The molecule has 15 heavy (non-hydrogen) atoms. The molecule has 0 aromatic heterocycles. The van der Waals surface area contributed by atoms with Crippen molar-refractivity contribution in [3.05, 3.63) is 0 Å². The van der Waals surface area contributed by atoms with Gasteiger partial charge in [-0.15, -0.1) is 0 Å². The fraction of sp³-hybridized carbons (Fsp3) is 0.909. The zero-order valence-corrected chi connectivity index (χ0v) is 9.37. The van der Waals surface area contributed by atoms with E-state index in [4.69, 9.17) is 0 Å². The zero-order valence-electron chi connectivity index (χ0n) is 9.37. The van der Waals surface area contributed by atoms with Crippen LogP contribution < -0.4 is 5.32 Å². The summed E-state index contributed by atoms with van der Waals surface area (Å²) in [5.74, 6) is -0.167. The lowest BCUT2D eigenvalue weighted by molar-refractivity contribution is -0.139. The van der Waals surface area contributed by atoms with Crippen LogP contribution in [-0.2, 0) is 9.53 Å². The monoisotopic (exact) mass is 212 g/mol. The molecule has 1 saturated heterocycles. The second-order valence-electron chi connectivity index (χ2n) is 4.50. The average molecular weight is 212 g/mol. The van der Waals surface area contributed by atoms with Crippen LogP contribution in [-0.4, -0.2) is 49.7 Å². The van der Waals surface area contributed by atoms with Gasteiger partial charge in [-0.05, 0) is 38.8 Å². The maximum absolute atomic E-state index is 10.9. The van der Waals surface area contributed by atoms with E-state index in [1.165, 1.54) is 33.0 Å². The predicted octanol–water partition coefficient (Wildman–Crippen LogP) is 0.376. The molecule has 0 amide bonds. The van der Waals surface area contributed by atoms with Gasteiger partial charge in [0, 0.05) is 12.1 Å². The number of piperidine rings is 1. The van der Waals surface area contributed by atoms with E-state index >= 15 is 0 Å². The number of likely N-dealkylation sites (tertiary alicyclic amines) is 1. The highest BCUT2D eigenvalue weighted by Gasteiger charge is 2.31. The summed E-state index contributed by atoms with van der Waals surface area (Å²) in [7, 11) is 1.43. The van der Waals surface area contributed by atoms with Gasteiger partial charge in [0.15, 0.2) is 0 Å². The fourth-order valence-corrected chi connectivity index (χ4v) is 2.21. The van der Waals surface area contributed by atoms with Crippen LogP contribution in [0.3, 0.4) is 0 Å². The lowest BCUT2D eigenvalue weighted by Crippen LogP contribution is -2.44. The van der Waals surface area contributed by atoms with Crippen LogP contribution in [0.25, 0.3) is 0 Å². The molecule has 0 aromatic rings. The Morgan fingerprint density at radius 2 is 2.00 bits per heavy atom. The van der Waals surface area contributed by atoms with Gasteiger partial charge in [0.2, 0.25) is 0 Å². The molecule has 2 aliphatic rings. The van der Waals surface area contributed by atoms with Crippen LogP contribution in [0.2, 0.25) is 0 Å². The average Bonchev–Trinajstić information content (AvgIpc) is 3.10. The standard InChI is InChI=1S/C11H20N2O2/c1-15-11(14)8-12-9-4-6-13(7-5-9)10-2-3-10/h9-10,12H,2-8H2,1H3. The van der Waals surface area contributed by atoms with Crippen molar-refractivity contribution in [2.24, 2.45) is 0 Å². The van der Waals surface area contributed by atoms with Crippen molar-refractivity contribution >= 4 is 5.97 Å². The van der Waals surface area contributed by atoms with E-state index in [9.17, 15) is 4.79 Å². The van der Waals surface area contributed by atoms with Crippen LogP contribution in [0.4, 0.5) is 0 Å². The summed E-state index contributed by atoms with van der Waals surface area (Å²) in [5.41, 5.74) is 0. The molecule has 86 valence electrons. The number of esters is 1. The number of nitrogens with one attached hydrogen (secondary N) is 1. The van der Waals surface area contributed by atoms with Crippen molar-refractivity contribution in [3.63, 3.8) is 0 Å². The largest absolute Gasteiger partial charge is 0.468 e. The SMILES string of the molecule is COC(=O)CNC1CCN(C2CC2)CC1. The van der Waals surface area contributed by atoms with E-state index in [1.807, 2.05) is 0 Å². The molecule has 0 radical (unpaired) electrons. The molecule has 4 nitrogen and oxygen atoms in total. The van der Waals surface area contributed by atoms with Crippen LogP contribution in [0.1, 0.15) is 25.7 Å². The van der Waals surface area contributed by atoms with E-state index in [0.717, 1.165) is 18.9 Å². The Bertz CT molecular complexity index is 221. The maximum atomic E-state index is 10.9. The number of hydrogen-bond donors (Lipinski definition) is 1. The second-order valence-corrected chi connectivity index (χ2v) is 4.50. The number of carbonyl (C=O) groups is 1. The minimum absolute atomic E-state index is 0.167. The molecule has 0 spiro atoms. The summed E-state index contributed by atoms with van der Waals surface area (Å²) < 4.78 is 4.60. The van der Waals surface area contributed by atoms with Crippen LogP contribution in [0, 0.1) is 0 Å². The topological polar surface area (TPSA) is 41.6 Å². The summed E-state index contributed by atoms with van der Waals surface area (Å²) in [5, 5.41) is 3.25. The molecular weight excluding hydrogens is 192 g/mol. The molecule has 0 aromatic carbocycles. The van der Waals surface area contributed by atoms with Crippen LogP contribution in [0.5, 0.6) is 0 Å². The molecular formula is C11H20N2O2. The third-order valence-corrected chi connectivity index (χ3v) is 3.36. The Labute approximate surface area is 91.0 Å². The minimum atomic E-state index is -0.167. The van der Waals surface area contributed by atoms with E-state index in [0.29, 0.717) is 12.6 Å². The summed E-state index contributed by atoms with van der Waals surface area (Å²) in [4.78, 5) is 13.5. The molecule has 0 bridgehead atoms. The minimum Gasteiger partial charge on any atom is -0.468 e. The first-order valence-corrected chi connectivity index (χ1v) is 5.84. The van der Waals surface area contributed by atoms with E-state index in [-0.39, 0.29) is 5.97 Å². The van der Waals surface area contributed by atoms with Gasteiger partial charge < -0.3 is 15.0 Å². The number of rotatable bonds is 4. The van der Waals surface area contributed by atoms with Gasteiger partial charge in [0.25, 0.3) is 0 Å². The van der Waals surface area contributed by atoms with Gasteiger partial charge in [-0.3, -0.25) is 4.79 Å². The van der Waals surface area contributed by atoms with Gasteiger partial charge in [-0.2, -0.15) is 0 Å². The lowest BCUT2D eigenvalue weighted by atomic mass is 10.1. The van der Waals surface area contributed by atoms with Crippen LogP contribution in [0.15, 0.2) is 0 Å². The summed E-state index contributed by atoms with van der Waals surface area (Å²) in [6.45, 7) is 2.72. The van der Waals surface area contributed by atoms with Crippen molar-refractivity contribution in [2.75, 3.05) is 26.7 Å². The van der Waals surface area contributed by atoms with Gasteiger partial charge in [0.1, 0.15) is 0 Å². The normalized spacial score (nSPS) is 24.1. The van der Waals surface area contributed by atoms with Gasteiger partial charge in [0.05, 0.1) is 13.7 Å². The summed E-state index contributed by atoms with van der Waals surface area (Å²) in [6.07, 6.45) is 5.10. The smallest absolute Gasteiger partial charge is 0.319 e. The molecule has 2 fully saturated rings. The summed E-state index contributed by atoms with van der Waals surface area (Å²) in [6, 6.07) is 1.38. The highest BCUT2D eigenvalue weighted by Crippen LogP contribution is 2.29. The Hall–Kier alpha value is -0.610. The zero-order chi connectivity index (χ0) is 10.7. The first-order chi connectivity index (χ1) is 7.29. The molecule has 0 unspecified atom stereocenters. The van der Waals surface area contributed by atoms with Crippen molar-refractivity contribution in [1.29, 1.82) is 0 Å². The highest BCUT2D eigenvalue weighted by atomic mass is 16.5. The fourth-order valence-electron chi connectivity index (χ4n) is 2.21. The molecule has 1 N–H and O–H groups in total. The Morgan fingerprint density at radius 1 is 1.33 bits per heavy atom. The quantitative estimate of drug-likeness (QED) is 0.684. The predicted molar refractivity (Wildman–Crippen MR) is 57.6 cm³/mol. The first-order valence-electron chi connectivity index (χ1n) is 5.84. The highest BCUT2D eigenvalue weighted by molar-refractivity contribution is 5.71. The molecule has 1 heterocycles.